The van der Waals surface area contributed by atoms with Gasteiger partial charge in [-0.3, -0.25) is 14.4 Å². The number of anilines is 1. The van der Waals surface area contributed by atoms with Gasteiger partial charge in [-0.15, -0.1) is 0 Å². The van der Waals surface area contributed by atoms with Crippen molar-refractivity contribution in [2.75, 3.05) is 56.6 Å². The van der Waals surface area contributed by atoms with Gasteiger partial charge >= 0.3 is 0 Å². The van der Waals surface area contributed by atoms with Crippen LogP contribution in [0.25, 0.3) is 0 Å². The lowest BCUT2D eigenvalue weighted by Gasteiger charge is -2.37. The van der Waals surface area contributed by atoms with Crippen molar-refractivity contribution in [3.05, 3.63) is 24.3 Å². The van der Waals surface area contributed by atoms with E-state index in [-0.39, 0.29) is 30.1 Å². The molecule has 3 aliphatic heterocycles. The molecule has 1 aromatic carbocycles. The molecule has 9 heteroatoms. The van der Waals surface area contributed by atoms with Crippen LogP contribution >= 0.6 is 11.8 Å². The van der Waals surface area contributed by atoms with Crippen LogP contribution in [0.4, 0.5) is 10.5 Å². The number of carbonyl (C=O) groups excluding carboxylic acids is 3. The molecule has 1 aromatic rings. The number of ether oxygens (including phenoxy) is 2. The highest BCUT2D eigenvalue weighted by Crippen LogP contribution is 2.34. The molecule has 0 bridgehead atoms. The number of nitrogens with zero attached hydrogens (tertiary/aromatic N) is 3. The topological polar surface area (TPSA) is 79.4 Å². The van der Waals surface area contributed by atoms with Crippen LogP contribution in [0.5, 0.6) is 5.75 Å². The summed E-state index contributed by atoms with van der Waals surface area (Å²) in [5, 5.41) is -0.0779. The third-order valence-electron chi connectivity index (χ3n) is 4.84. The zero-order valence-corrected chi connectivity index (χ0v) is 15.7. The molecular formula is C18H21N3O5S. The second-order valence-electron chi connectivity index (χ2n) is 6.55. The summed E-state index contributed by atoms with van der Waals surface area (Å²) >= 11 is 1.22. The highest BCUT2D eigenvalue weighted by molar-refractivity contribution is 8.13. The van der Waals surface area contributed by atoms with Gasteiger partial charge in [-0.25, -0.2) is 0 Å². The number of amides is 3. The lowest BCUT2D eigenvalue weighted by molar-refractivity contribution is -0.142. The monoisotopic (exact) mass is 391 g/mol. The summed E-state index contributed by atoms with van der Waals surface area (Å²) in [6, 6.07) is 7.18. The zero-order chi connectivity index (χ0) is 18.8. The molecule has 3 heterocycles. The van der Waals surface area contributed by atoms with Crippen molar-refractivity contribution in [2.45, 2.75) is 6.10 Å². The van der Waals surface area contributed by atoms with Crippen LogP contribution in [0.15, 0.2) is 24.3 Å². The van der Waals surface area contributed by atoms with Crippen molar-refractivity contribution in [2.24, 2.45) is 0 Å². The number of fused-ring (bicyclic) bond motifs is 1. The van der Waals surface area contributed by atoms with E-state index in [4.69, 9.17) is 9.47 Å². The predicted octanol–water partition coefficient (Wildman–Crippen LogP) is 0.808. The van der Waals surface area contributed by atoms with Crippen molar-refractivity contribution < 1.29 is 23.9 Å². The number of rotatable bonds is 3. The average molecular weight is 391 g/mol. The van der Waals surface area contributed by atoms with Crippen LogP contribution in [0.1, 0.15) is 0 Å². The van der Waals surface area contributed by atoms with Crippen molar-refractivity contribution in [1.29, 1.82) is 0 Å². The Labute approximate surface area is 161 Å². The second-order valence-corrected chi connectivity index (χ2v) is 7.60. The van der Waals surface area contributed by atoms with E-state index in [0.717, 1.165) is 0 Å². The zero-order valence-electron chi connectivity index (χ0n) is 14.8. The minimum Gasteiger partial charge on any atom is -0.476 e. The van der Waals surface area contributed by atoms with Gasteiger partial charge in [-0.2, -0.15) is 0 Å². The Kier molecular flexibility index (Phi) is 5.22. The maximum atomic E-state index is 12.9. The molecular weight excluding hydrogens is 370 g/mol. The first-order valence-corrected chi connectivity index (χ1v) is 9.96. The van der Waals surface area contributed by atoms with E-state index in [0.29, 0.717) is 50.0 Å². The summed E-state index contributed by atoms with van der Waals surface area (Å²) in [7, 11) is 0. The highest BCUT2D eigenvalue weighted by atomic mass is 32.2. The van der Waals surface area contributed by atoms with E-state index in [1.807, 2.05) is 12.1 Å². The van der Waals surface area contributed by atoms with Crippen LogP contribution in [-0.4, -0.2) is 84.6 Å². The standard InChI is InChI=1S/C18H21N3O5S/c22-16(12-20-7-10-27-18(20)24)21-11-15(17(23)19-5-8-25-9-6-19)26-14-4-2-1-3-13(14)21/h1-4,15H,5-12H2. The smallest absolute Gasteiger partial charge is 0.282 e. The fourth-order valence-electron chi connectivity index (χ4n) is 3.40. The average Bonchev–Trinajstić information content (AvgIpc) is 3.11. The van der Waals surface area contributed by atoms with E-state index in [1.54, 1.807) is 26.8 Å². The molecule has 0 N–H and O–H groups in total. The van der Waals surface area contributed by atoms with Gasteiger partial charge in [-0.1, -0.05) is 23.9 Å². The first-order chi connectivity index (χ1) is 13.1. The van der Waals surface area contributed by atoms with Crippen LogP contribution in [0.2, 0.25) is 0 Å². The van der Waals surface area contributed by atoms with E-state index in [9.17, 15) is 14.4 Å². The third-order valence-corrected chi connectivity index (χ3v) is 5.74. The van der Waals surface area contributed by atoms with E-state index in [2.05, 4.69) is 0 Å². The lowest BCUT2D eigenvalue weighted by Crippen LogP contribution is -2.55. The summed E-state index contributed by atoms with van der Waals surface area (Å²) in [4.78, 5) is 42.5. The molecule has 144 valence electrons. The first-order valence-electron chi connectivity index (χ1n) is 8.98. The summed E-state index contributed by atoms with van der Waals surface area (Å²) in [5.74, 6) is 0.856. The third kappa shape index (κ3) is 3.74. The summed E-state index contributed by atoms with van der Waals surface area (Å²) in [6.07, 6.45) is -0.759. The highest BCUT2D eigenvalue weighted by Gasteiger charge is 2.37. The second kappa shape index (κ2) is 7.77. The Morgan fingerprint density at radius 2 is 1.93 bits per heavy atom. The van der Waals surface area contributed by atoms with Crippen LogP contribution < -0.4 is 9.64 Å². The SMILES string of the molecule is O=C1SCCN1CC(=O)N1CC(C(=O)N2CCOCC2)Oc2ccccc21. The minimum absolute atomic E-state index is 0.0125. The summed E-state index contributed by atoms with van der Waals surface area (Å²) in [5.41, 5.74) is 0.632. The van der Waals surface area contributed by atoms with Crippen molar-refractivity contribution >= 4 is 34.5 Å². The molecule has 3 amide bonds. The lowest BCUT2D eigenvalue weighted by atomic mass is 10.1. The largest absolute Gasteiger partial charge is 0.476 e. The maximum Gasteiger partial charge on any atom is 0.282 e. The predicted molar refractivity (Wildman–Crippen MR) is 100 cm³/mol. The number of benzene rings is 1. The molecule has 0 radical (unpaired) electrons. The van der Waals surface area contributed by atoms with Gasteiger partial charge in [0.2, 0.25) is 5.91 Å². The molecule has 1 unspecified atom stereocenters. The number of carbonyl (C=O) groups is 3. The maximum absolute atomic E-state index is 12.9. The Bertz CT molecular complexity index is 752. The fourth-order valence-corrected chi connectivity index (χ4v) is 4.23. The number of hydrogen-bond acceptors (Lipinski definition) is 6. The number of morpholine rings is 1. The number of hydrogen-bond donors (Lipinski definition) is 0. The van der Waals surface area contributed by atoms with Gasteiger partial charge in [0.05, 0.1) is 25.4 Å². The normalized spacial score (nSPS) is 22.4. The van der Waals surface area contributed by atoms with Crippen molar-refractivity contribution in [3.8, 4) is 5.75 Å². The van der Waals surface area contributed by atoms with E-state index >= 15 is 0 Å². The van der Waals surface area contributed by atoms with E-state index in [1.165, 1.54) is 11.8 Å². The Morgan fingerprint density at radius 1 is 1.15 bits per heavy atom. The Balaban J connectivity index is 1.53. The summed E-state index contributed by atoms with van der Waals surface area (Å²) < 4.78 is 11.2. The fraction of sp³-hybridized carbons (Fsp3) is 0.500. The molecule has 0 aliphatic carbocycles. The molecule has 0 aromatic heterocycles. The molecule has 0 spiro atoms. The summed E-state index contributed by atoms with van der Waals surface area (Å²) in [6.45, 7) is 2.78. The van der Waals surface area contributed by atoms with E-state index < -0.39 is 6.10 Å². The number of para-hydroxylation sites is 2. The van der Waals surface area contributed by atoms with Gasteiger partial charge in [-0.05, 0) is 12.1 Å². The van der Waals surface area contributed by atoms with Gasteiger partial charge in [0.1, 0.15) is 12.3 Å². The Hall–Kier alpha value is -2.26. The van der Waals surface area contributed by atoms with Gasteiger partial charge in [0, 0.05) is 25.4 Å². The molecule has 0 saturated carbocycles. The molecule has 8 nitrogen and oxygen atoms in total. The molecule has 3 aliphatic rings. The molecule has 4 rings (SSSR count). The van der Waals surface area contributed by atoms with Crippen molar-refractivity contribution in [3.63, 3.8) is 0 Å². The van der Waals surface area contributed by atoms with Crippen LogP contribution in [0, 0.1) is 0 Å². The van der Waals surface area contributed by atoms with Crippen molar-refractivity contribution in [1.82, 2.24) is 9.80 Å². The Morgan fingerprint density at radius 3 is 2.67 bits per heavy atom. The minimum atomic E-state index is -0.759. The number of thioether (sulfide) groups is 1. The molecule has 1 atom stereocenters. The van der Waals surface area contributed by atoms with Gasteiger partial charge < -0.3 is 24.2 Å². The van der Waals surface area contributed by atoms with Crippen LogP contribution in [0.3, 0.4) is 0 Å². The first kappa shape index (κ1) is 18.1. The van der Waals surface area contributed by atoms with Crippen LogP contribution in [-0.2, 0) is 14.3 Å². The molecule has 27 heavy (non-hydrogen) atoms. The quantitative estimate of drug-likeness (QED) is 0.759. The van der Waals surface area contributed by atoms with Gasteiger partial charge in [0.25, 0.3) is 11.1 Å². The van der Waals surface area contributed by atoms with Gasteiger partial charge in [0.15, 0.2) is 6.10 Å². The molecule has 2 fully saturated rings. The molecule has 2 saturated heterocycles.